The summed E-state index contributed by atoms with van der Waals surface area (Å²) >= 11 is 0. The molecule has 0 spiro atoms. The number of anilines is 1. The predicted molar refractivity (Wildman–Crippen MR) is 64.9 cm³/mol. The molecule has 1 atom stereocenters. The lowest BCUT2D eigenvalue weighted by Crippen LogP contribution is -2.36. The molecule has 1 rings (SSSR count). The van der Waals surface area contributed by atoms with Crippen molar-refractivity contribution in [2.24, 2.45) is 0 Å². The van der Waals surface area contributed by atoms with Crippen LogP contribution in [0, 0.1) is 21.4 Å². The lowest BCUT2D eigenvalue weighted by atomic mass is 10.2. The summed E-state index contributed by atoms with van der Waals surface area (Å²) in [7, 11) is 0. The molecule has 2 N–H and O–H groups in total. The average molecular weight is 248 g/mol. The van der Waals surface area contributed by atoms with E-state index in [0.29, 0.717) is 12.1 Å². The molecule has 0 aromatic heterocycles. The highest BCUT2D eigenvalue weighted by molar-refractivity contribution is 5.89. The van der Waals surface area contributed by atoms with Gasteiger partial charge >= 0.3 is 6.03 Å². The molecule has 1 aromatic rings. The molecular weight excluding hydrogens is 236 g/mol. The number of nitriles is 1. The summed E-state index contributed by atoms with van der Waals surface area (Å²) in [6.45, 7) is 1.77. The van der Waals surface area contributed by atoms with Gasteiger partial charge in [-0.1, -0.05) is 13.0 Å². The van der Waals surface area contributed by atoms with Gasteiger partial charge in [-0.05, 0) is 12.5 Å². The molecular formula is C11H12N4O3. The molecule has 0 fully saturated rings. The van der Waals surface area contributed by atoms with E-state index in [9.17, 15) is 14.9 Å². The Hall–Kier alpha value is -2.62. The van der Waals surface area contributed by atoms with Crippen LogP contribution in [0.3, 0.4) is 0 Å². The lowest BCUT2D eigenvalue weighted by Gasteiger charge is -2.10. The molecule has 0 heterocycles. The molecule has 0 aliphatic carbocycles. The first-order valence-electron chi connectivity index (χ1n) is 5.28. The Labute approximate surface area is 104 Å². The molecule has 7 nitrogen and oxygen atoms in total. The fourth-order valence-electron chi connectivity index (χ4n) is 1.25. The molecule has 1 aromatic carbocycles. The van der Waals surface area contributed by atoms with E-state index in [-0.39, 0.29) is 5.69 Å². The van der Waals surface area contributed by atoms with Gasteiger partial charge in [-0.15, -0.1) is 0 Å². The Morgan fingerprint density at radius 2 is 2.33 bits per heavy atom. The maximum Gasteiger partial charge on any atom is 0.320 e. The zero-order chi connectivity index (χ0) is 13.5. The van der Waals surface area contributed by atoms with Crippen LogP contribution in [0.25, 0.3) is 0 Å². The van der Waals surface area contributed by atoms with E-state index in [1.807, 2.05) is 6.07 Å². The molecule has 0 aliphatic heterocycles. The van der Waals surface area contributed by atoms with Crippen molar-refractivity contribution in [3.05, 3.63) is 34.4 Å². The summed E-state index contributed by atoms with van der Waals surface area (Å²) in [5.74, 6) is 0. The van der Waals surface area contributed by atoms with E-state index in [1.54, 1.807) is 6.92 Å². The van der Waals surface area contributed by atoms with Gasteiger partial charge in [0.25, 0.3) is 5.69 Å². The van der Waals surface area contributed by atoms with E-state index in [1.165, 1.54) is 24.3 Å². The van der Waals surface area contributed by atoms with Crippen molar-refractivity contribution in [3.63, 3.8) is 0 Å². The number of nitro benzene ring substituents is 1. The highest BCUT2D eigenvalue weighted by Crippen LogP contribution is 2.16. The first kappa shape index (κ1) is 13.4. The molecule has 0 saturated carbocycles. The van der Waals surface area contributed by atoms with Crippen molar-refractivity contribution < 1.29 is 9.72 Å². The quantitative estimate of drug-likeness (QED) is 0.627. The molecule has 18 heavy (non-hydrogen) atoms. The number of rotatable bonds is 4. The van der Waals surface area contributed by atoms with Crippen LogP contribution < -0.4 is 10.6 Å². The molecule has 1 unspecified atom stereocenters. The Bertz CT molecular complexity index is 495. The molecule has 0 aliphatic rings. The summed E-state index contributed by atoms with van der Waals surface area (Å²) in [4.78, 5) is 21.5. The normalized spacial score (nSPS) is 11.1. The summed E-state index contributed by atoms with van der Waals surface area (Å²) in [5.41, 5.74) is 0.189. The van der Waals surface area contributed by atoms with Crippen LogP contribution >= 0.6 is 0 Å². The largest absolute Gasteiger partial charge is 0.322 e. The number of non-ortho nitro benzene ring substituents is 1. The number of urea groups is 1. The van der Waals surface area contributed by atoms with Crippen LogP contribution in [0.4, 0.5) is 16.2 Å². The topological polar surface area (TPSA) is 108 Å². The SMILES string of the molecule is CCC(C#N)NC(=O)Nc1cccc([N+](=O)[O-])c1. The van der Waals surface area contributed by atoms with Crippen LogP contribution in [0.5, 0.6) is 0 Å². The van der Waals surface area contributed by atoms with Gasteiger partial charge in [-0.3, -0.25) is 10.1 Å². The van der Waals surface area contributed by atoms with Gasteiger partial charge in [0.15, 0.2) is 0 Å². The fraction of sp³-hybridized carbons (Fsp3) is 0.273. The Morgan fingerprint density at radius 1 is 1.61 bits per heavy atom. The molecule has 94 valence electrons. The molecule has 2 amide bonds. The van der Waals surface area contributed by atoms with Crippen LogP contribution in [-0.4, -0.2) is 17.0 Å². The van der Waals surface area contributed by atoms with Gasteiger partial charge in [-0.25, -0.2) is 4.79 Å². The van der Waals surface area contributed by atoms with Crippen molar-refractivity contribution in [2.45, 2.75) is 19.4 Å². The van der Waals surface area contributed by atoms with Crippen molar-refractivity contribution in [2.75, 3.05) is 5.32 Å². The third-order valence-electron chi connectivity index (χ3n) is 2.18. The van der Waals surface area contributed by atoms with Crippen LogP contribution in [0.15, 0.2) is 24.3 Å². The van der Waals surface area contributed by atoms with E-state index < -0.39 is 17.0 Å². The highest BCUT2D eigenvalue weighted by atomic mass is 16.6. The fourth-order valence-corrected chi connectivity index (χ4v) is 1.25. The van der Waals surface area contributed by atoms with Crippen LogP contribution in [0.1, 0.15) is 13.3 Å². The highest BCUT2D eigenvalue weighted by Gasteiger charge is 2.11. The summed E-state index contributed by atoms with van der Waals surface area (Å²) < 4.78 is 0. The lowest BCUT2D eigenvalue weighted by molar-refractivity contribution is -0.384. The zero-order valence-electron chi connectivity index (χ0n) is 9.71. The van der Waals surface area contributed by atoms with Crippen molar-refractivity contribution in [1.29, 1.82) is 5.26 Å². The van der Waals surface area contributed by atoms with Gasteiger partial charge in [0.1, 0.15) is 6.04 Å². The number of benzene rings is 1. The van der Waals surface area contributed by atoms with Crippen LogP contribution in [0.2, 0.25) is 0 Å². The van der Waals surface area contributed by atoms with Gasteiger partial charge in [0, 0.05) is 17.8 Å². The van der Waals surface area contributed by atoms with Crippen molar-refractivity contribution >= 4 is 17.4 Å². The Kier molecular flexibility index (Phi) is 4.63. The molecule has 0 radical (unpaired) electrons. The Balaban J connectivity index is 2.68. The van der Waals surface area contributed by atoms with Gasteiger partial charge in [0.05, 0.1) is 11.0 Å². The monoisotopic (exact) mass is 248 g/mol. The number of carbonyl (C=O) groups excluding carboxylic acids is 1. The minimum atomic E-state index is -0.580. The molecule has 0 bridgehead atoms. The summed E-state index contributed by atoms with van der Waals surface area (Å²) in [5, 5.41) is 24.1. The number of nitro groups is 1. The van der Waals surface area contributed by atoms with E-state index in [2.05, 4.69) is 10.6 Å². The van der Waals surface area contributed by atoms with Crippen LogP contribution in [-0.2, 0) is 0 Å². The van der Waals surface area contributed by atoms with Crippen molar-refractivity contribution in [1.82, 2.24) is 5.32 Å². The third kappa shape index (κ3) is 3.75. The minimum absolute atomic E-state index is 0.111. The number of nitrogens with zero attached hydrogens (tertiary/aromatic N) is 2. The summed E-state index contributed by atoms with van der Waals surface area (Å²) in [6, 6.07) is 6.34. The number of nitrogens with one attached hydrogen (secondary N) is 2. The first-order valence-corrected chi connectivity index (χ1v) is 5.28. The first-order chi connectivity index (χ1) is 8.56. The Morgan fingerprint density at radius 3 is 2.89 bits per heavy atom. The van der Waals surface area contributed by atoms with E-state index >= 15 is 0 Å². The van der Waals surface area contributed by atoms with E-state index in [0.717, 1.165) is 0 Å². The predicted octanol–water partition coefficient (Wildman–Crippen LogP) is 2.02. The second kappa shape index (κ2) is 6.20. The molecule has 7 heteroatoms. The number of carbonyl (C=O) groups is 1. The minimum Gasteiger partial charge on any atom is -0.322 e. The van der Waals surface area contributed by atoms with Gasteiger partial charge < -0.3 is 10.6 Å². The second-order valence-corrected chi connectivity index (χ2v) is 3.50. The maximum atomic E-state index is 11.5. The number of amides is 2. The van der Waals surface area contributed by atoms with E-state index in [4.69, 9.17) is 5.26 Å². The average Bonchev–Trinajstić information content (AvgIpc) is 2.36. The number of hydrogen-bond donors (Lipinski definition) is 2. The van der Waals surface area contributed by atoms with Gasteiger partial charge in [-0.2, -0.15) is 5.26 Å². The second-order valence-electron chi connectivity index (χ2n) is 3.50. The number of hydrogen-bond acceptors (Lipinski definition) is 4. The third-order valence-corrected chi connectivity index (χ3v) is 2.18. The molecule has 0 saturated heterocycles. The smallest absolute Gasteiger partial charge is 0.320 e. The standard InChI is InChI=1S/C11H12N4O3/c1-2-8(7-12)13-11(16)14-9-4-3-5-10(6-9)15(17)18/h3-6,8H,2H2,1H3,(H2,13,14,16). The summed E-state index contributed by atoms with van der Waals surface area (Å²) in [6.07, 6.45) is 0.485. The zero-order valence-corrected chi connectivity index (χ0v) is 9.71. The van der Waals surface area contributed by atoms with Crippen molar-refractivity contribution in [3.8, 4) is 6.07 Å². The van der Waals surface area contributed by atoms with Gasteiger partial charge in [0.2, 0.25) is 0 Å². The maximum absolute atomic E-state index is 11.5.